The molecule has 0 aliphatic heterocycles. The molecule has 1 N–H and O–H groups in total. The molecule has 1 aromatic carbocycles. The largest absolute Gasteiger partial charge is 0.351 e. The molecule has 2 aromatic rings. The van der Waals surface area contributed by atoms with Gasteiger partial charge in [0.2, 0.25) is 0 Å². The first-order valence-electron chi connectivity index (χ1n) is 8.95. The van der Waals surface area contributed by atoms with Crippen LogP contribution in [0, 0.1) is 18.6 Å². The number of halogens is 2. The van der Waals surface area contributed by atoms with E-state index in [1.54, 1.807) is 6.07 Å². The Labute approximate surface area is 147 Å². The van der Waals surface area contributed by atoms with Crippen LogP contribution in [0.25, 0.3) is 0 Å². The molecule has 1 aromatic heterocycles. The predicted octanol–water partition coefficient (Wildman–Crippen LogP) is 4.14. The molecule has 25 heavy (non-hydrogen) atoms. The highest BCUT2D eigenvalue weighted by Gasteiger charge is 2.26. The standard InChI is InChI=1S/C20H24F2N2O/c1-3-10-23-20(25)19-13(2)15-6-4-5-7-18(15)24(19)12-14-8-9-16(21)17(22)11-14/h8-9,11H,3-7,10,12H2,1-2H3,(H,23,25). The summed E-state index contributed by atoms with van der Waals surface area (Å²) in [5, 5.41) is 2.95. The molecule has 134 valence electrons. The molecule has 0 bridgehead atoms. The molecule has 0 spiro atoms. The van der Waals surface area contributed by atoms with Crippen LogP contribution < -0.4 is 5.32 Å². The van der Waals surface area contributed by atoms with Gasteiger partial charge in [0.15, 0.2) is 11.6 Å². The van der Waals surface area contributed by atoms with Crippen molar-refractivity contribution in [2.75, 3.05) is 6.54 Å². The number of hydrogen-bond acceptors (Lipinski definition) is 1. The smallest absolute Gasteiger partial charge is 0.268 e. The van der Waals surface area contributed by atoms with Gasteiger partial charge < -0.3 is 9.88 Å². The van der Waals surface area contributed by atoms with Crippen LogP contribution in [0.5, 0.6) is 0 Å². The molecule has 0 radical (unpaired) electrons. The van der Waals surface area contributed by atoms with Crippen molar-refractivity contribution >= 4 is 5.91 Å². The Morgan fingerprint density at radius 2 is 1.96 bits per heavy atom. The van der Waals surface area contributed by atoms with Crippen molar-refractivity contribution in [2.45, 2.75) is 52.5 Å². The minimum atomic E-state index is -0.854. The summed E-state index contributed by atoms with van der Waals surface area (Å²) in [5.41, 5.74) is 4.74. The van der Waals surface area contributed by atoms with Gasteiger partial charge in [-0.15, -0.1) is 0 Å². The zero-order valence-corrected chi connectivity index (χ0v) is 14.8. The third-order valence-corrected chi connectivity index (χ3v) is 4.92. The third kappa shape index (κ3) is 3.46. The van der Waals surface area contributed by atoms with Gasteiger partial charge in [0.05, 0.1) is 0 Å². The Balaban J connectivity index is 2.03. The summed E-state index contributed by atoms with van der Waals surface area (Å²) < 4.78 is 28.8. The monoisotopic (exact) mass is 346 g/mol. The van der Waals surface area contributed by atoms with Crippen LogP contribution in [0.3, 0.4) is 0 Å². The van der Waals surface area contributed by atoms with E-state index in [-0.39, 0.29) is 5.91 Å². The van der Waals surface area contributed by atoms with Gasteiger partial charge >= 0.3 is 0 Å². The number of rotatable bonds is 5. The summed E-state index contributed by atoms with van der Waals surface area (Å²) in [5.74, 6) is -1.79. The van der Waals surface area contributed by atoms with Crippen LogP contribution in [0.4, 0.5) is 8.78 Å². The van der Waals surface area contributed by atoms with Crippen molar-refractivity contribution < 1.29 is 13.6 Å². The summed E-state index contributed by atoms with van der Waals surface area (Å²) in [7, 11) is 0. The molecule has 0 atom stereocenters. The van der Waals surface area contributed by atoms with Gasteiger partial charge in [-0.3, -0.25) is 4.79 Å². The Bertz CT molecular complexity index is 795. The summed E-state index contributed by atoms with van der Waals surface area (Å²) in [6.45, 7) is 5.01. The van der Waals surface area contributed by atoms with Crippen LogP contribution in [-0.4, -0.2) is 17.0 Å². The molecule has 0 fully saturated rings. The summed E-state index contributed by atoms with van der Waals surface area (Å²) in [4.78, 5) is 12.7. The molecular formula is C20H24F2N2O. The average Bonchev–Trinajstić information content (AvgIpc) is 2.89. The highest BCUT2D eigenvalue weighted by molar-refractivity contribution is 5.95. The van der Waals surface area contributed by atoms with Gasteiger partial charge in [-0.05, 0) is 67.9 Å². The number of hydrogen-bond donors (Lipinski definition) is 1. The van der Waals surface area contributed by atoms with Crippen LogP contribution in [-0.2, 0) is 19.4 Å². The zero-order chi connectivity index (χ0) is 18.0. The van der Waals surface area contributed by atoms with Crippen molar-refractivity contribution in [1.29, 1.82) is 0 Å². The molecule has 0 saturated carbocycles. The molecule has 3 rings (SSSR count). The normalized spacial score (nSPS) is 13.6. The molecule has 1 amide bonds. The first-order valence-corrected chi connectivity index (χ1v) is 8.95. The van der Waals surface area contributed by atoms with E-state index < -0.39 is 11.6 Å². The molecule has 1 heterocycles. The number of nitrogens with one attached hydrogen (secondary N) is 1. The maximum Gasteiger partial charge on any atom is 0.268 e. The van der Waals surface area contributed by atoms with Gasteiger partial charge in [0, 0.05) is 18.8 Å². The van der Waals surface area contributed by atoms with Gasteiger partial charge in [0.1, 0.15) is 5.69 Å². The number of fused-ring (bicyclic) bond motifs is 1. The van der Waals surface area contributed by atoms with Crippen LogP contribution >= 0.6 is 0 Å². The minimum Gasteiger partial charge on any atom is -0.351 e. The van der Waals surface area contributed by atoms with E-state index in [9.17, 15) is 13.6 Å². The second kappa shape index (κ2) is 7.38. The minimum absolute atomic E-state index is 0.0867. The SMILES string of the molecule is CCCNC(=O)c1c(C)c2c(n1Cc1ccc(F)c(F)c1)CCCC2. The summed E-state index contributed by atoms with van der Waals surface area (Å²) in [6, 6.07) is 3.94. The van der Waals surface area contributed by atoms with E-state index in [1.807, 2.05) is 18.4 Å². The van der Waals surface area contributed by atoms with Crippen LogP contribution in [0.2, 0.25) is 0 Å². The maximum absolute atomic E-state index is 13.6. The number of benzene rings is 1. The van der Waals surface area contributed by atoms with Gasteiger partial charge in [-0.1, -0.05) is 13.0 Å². The van der Waals surface area contributed by atoms with Gasteiger partial charge in [-0.25, -0.2) is 8.78 Å². The molecule has 1 aliphatic carbocycles. The number of amides is 1. The average molecular weight is 346 g/mol. The Hall–Kier alpha value is -2.17. The lowest BCUT2D eigenvalue weighted by Gasteiger charge is -2.17. The Kier molecular flexibility index (Phi) is 5.21. The second-order valence-electron chi connectivity index (χ2n) is 6.70. The molecular weight excluding hydrogens is 322 g/mol. The van der Waals surface area contributed by atoms with Crippen LogP contribution in [0.15, 0.2) is 18.2 Å². The summed E-state index contributed by atoms with van der Waals surface area (Å²) >= 11 is 0. The third-order valence-electron chi connectivity index (χ3n) is 4.92. The van der Waals surface area contributed by atoms with E-state index in [0.717, 1.165) is 49.4 Å². The van der Waals surface area contributed by atoms with Crippen molar-refractivity contribution in [1.82, 2.24) is 9.88 Å². The van der Waals surface area contributed by atoms with E-state index >= 15 is 0 Å². The van der Waals surface area contributed by atoms with E-state index in [4.69, 9.17) is 0 Å². The summed E-state index contributed by atoms with van der Waals surface area (Å²) in [6.07, 6.45) is 4.97. The molecule has 0 saturated heterocycles. The first-order chi connectivity index (χ1) is 12.0. The predicted molar refractivity (Wildman–Crippen MR) is 93.9 cm³/mol. The van der Waals surface area contributed by atoms with E-state index in [2.05, 4.69) is 5.32 Å². The number of carbonyl (C=O) groups excluding carboxylic acids is 1. The molecule has 1 aliphatic rings. The number of nitrogens with zero attached hydrogens (tertiary/aromatic N) is 1. The van der Waals surface area contributed by atoms with Gasteiger partial charge in [0.25, 0.3) is 5.91 Å². The van der Waals surface area contributed by atoms with Crippen molar-refractivity contribution in [2.24, 2.45) is 0 Å². The lowest BCUT2D eigenvalue weighted by Crippen LogP contribution is -2.28. The Morgan fingerprint density at radius 1 is 1.20 bits per heavy atom. The fraction of sp³-hybridized carbons (Fsp3) is 0.450. The van der Waals surface area contributed by atoms with E-state index in [0.29, 0.717) is 24.3 Å². The quantitative estimate of drug-likeness (QED) is 0.867. The lowest BCUT2D eigenvalue weighted by atomic mass is 9.95. The van der Waals surface area contributed by atoms with Gasteiger partial charge in [-0.2, -0.15) is 0 Å². The fourth-order valence-corrected chi connectivity index (χ4v) is 3.68. The molecule has 0 unspecified atom stereocenters. The second-order valence-corrected chi connectivity index (χ2v) is 6.70. The topological polar surface area (TPSA) is 34.0 Å². The number of aromatic nitrogens is 1. The van der Waals surface area contributed by atoms with Crippen molar-refractivity contribution in [3.05, 3.63) is 57.9 Å². The Morgan fingerprint density at radius 3 is 2.68 bits per heavy atom. The van der Waals surface area contributed by atoms with Crippen molar-refractivity contribution in [3.63, 3.8) is 0 Å². The van der Waals surface area contributed by atoms with Crippen molar-refractivity contribution in [3.8, 4) is 0 Å². The van der Waals surface area contributed by atoms with Crippen LogP contribution in [0.1, 0.15) is 59.1 Å². The van der Waals surface area contributed by atoms with E-state index in [1.165, 1.54) is 11.6 Å². The molecule has 3 nitrogen and oxygen atoms in total. The fourth-order valence-electron chi connectivity index (χ4n) is 3.68. The molecule has 5 heteroatoms. The lowest BCUT2D eigenvalue weighted by molar-refractivity contribution is 0.0944. The maximum atomic E-state index is 13.6. The highest BCUT2D eigenvalue weighted by atomic mass is 19.2. The highest BCUT2D eigenvalue weighted by Crippen LogP contribution is 2.30. The first kappa shape index (κ1) is 17.6. The number of carbonyl (C=O) groups is 1. The zero-order valence-electron chi connectivity index (χ0n) is 14.8.